The van der Waals surface area contributed by atoms with Crippen LogP contribution in [0.5, 0.6) is 11.5 Å². The molecule has 0 fully saturated rings. The maximum absolute atomic E-state index is 12.1. The van der Waals surface area contributed by atoms with E-state index in [1.807, 2.05) is 0 Å². The first kappa shape index (κ1) is 19.1. The number of hydrogen-bond acceptors (Lipinski definition) is 4. The number of amides is 2. The fourth-order valence-electron chi connectivity index (χ4n) is 2.02. The number of rotatable bonds is 6. The predicted molar refractivity (Wildman–Crippen MR) is 99.7 cm³/mol. The Balaban J connectivity index is 1.99. The number of carbonyl (C=O) groups is 2. The molecule has 6 nitrogen and oxygen atoms in total. The number of hydrogen-bond donors (Lipinski definition) is 2. The van der Waals surface area contributed by atoms with Crippen molar-refractivity contribution < 1.29 is 19.1 Å². The summed E-state index contributed by atoms with van der Waals surface area (Å²) in [6.07, 6.45) is 0. The van der Waals surface area contributed by atoms with E-state index in [4.69, 9.17) is 21.1 Å². The van der Waals surface area contributed by atoms with Crippen LogP contribution in [0.2, 0.25) is 5.02 Å². The average Bonchev–Trinajstić information content (AvgIpc) is 2.60. The second-order valence-electron chi connectivity index (χ2n) is 4.92. The molecule has 0 aliphatic rings. The highest BCUT2D eigenvalue weighted by molar-refractivity contribution is 9.10. The molecule has 0 aliphatic carbocycles. The molecule has 0 unspecified atom stereocenters. The topological polar surface area (TPSA) is 76.7 Å². The Hall–Kier alpha value is -2.25. The summed E-state index contributed by atoms with van der Waals surface area (Å²) in [4.78, 5) is 24.1. The maximum Gasteiger partial charge on any atom is 0.251 e. The van der Waals surface area contributed by atoms with Crippen LogP contribution in [0.1, 0.15) is 10.4 Å². The fraction of sp³-hybridized carbons (Fsp3) is 0.176. The van der Waals surface area contributed by atoms with Crippen molar-refractivity contribution in [2.45, 2.75) is 0 Å². The van der Waals surface area contributed by atoms with E-state index >= 15 is 0 Å². The molecule has 0 bridgehead atoms. The van der Waals surface area contributed by atoms with Crippen LogP contribution in [0.4, 0.5) is 5.69 Å². The van der Waals surface area contributed by atoms with E-state index < -0.39 is 5.91 Å². The molecule has 2 amide bonds. The normalized spacial score (nSPS) is 10.1. The van der Waals surface area contributed by atoms with Crippen molar-refractivity contribution in [2.24, 2.45) is 0 Å². The Morgan fingerprint density at radius 1 is 1.08 bits per heavy atom. The van der Waals surface area contributed by atoms with Gasteiger partial charge in [-0.05, 0) is 30.3 Å². The van der Waals surface area contributed by atoms with Gasteiger partial charge in [0.1, 0.15) is 11.5 Å². The predicted octanol–water partition coefficient (Wildman–Crippen LogP) is 3.49. The van der Waals surface area contributed by atoms with Crippen LogP contribution < -0.4 is 20.1 Å². The quantitative estimate of drug-likeness (QED) is 0.740. The van der Waals surface area contributed by atoms with Crippen molar-refractivity contribution in [1.82, 2.24) is 5.32 Å². The molecule has 0 radical (unpaired) electrons. The second kappa shape index (κ2) is 8.73. The number of benzene rings is 2. The lowest BCUT2D eigenvalue weighted by atomic mass is 10.2. The van der Waals surface area contributed by atoms with Gasteiger partial charge in [-0.2, -0.15) is 0 Å². The molecule has 0 aromatic heterocycles. The van der Waals surface area contributed by atoms with Gasteiger partial charge in [-0.15, -0.1) is 0 Å². The Bertz CT molecular complexity index is 781. The van der Waals surface area contributed by atoms with Crippen molar-refractivity contribution in [3.8, 4) is 11.5 Å². The molecule has 0 atom stereocenters. The van der Waals surface area contributed by atoms with Crippen molar-refractivity contribution in [3.05, 3.63) is 51.5 Å². The first-order valence-electron chi connectivity index (χ1n) is 7.19. The monoisotopic (exact) mass is 426 g/mol. The van der Waals surface area contributed by atoms with Gasteiger partial charge in [-0.1, -0.05) is 27.5 Å². The van der Waals surface area contributed by atoms with Crippen molar-refractivity contribution >= 4 is 45.0 Å². The Morgan fingerprint density at radius 2 is 1.72 bits per heavy atom. The standard InChI is InChI=1S/C17H16BrClN2O4/c1-24-14-8-15(25-2)13(7-12(14)19)21-16(22)9-20-17(23)10-3-5-11(18)6-4-10/h3-8H,9H2,1-2H3,(H,20,23)(H,21,22). The molecule has 0 spiro atoms. The van der Waals surface area contributed by atoms with Crippen LogP contribution >= 0.6 is 27.5 Å². The van der Waals surface area contributed by atoms with Crippen molar-refractivity contribution in [2.75, 3.05) is 26.1 Å². The zero-order valence-corrected chi connectivity index (χ0v) is 15.9. The van der Waals surface area contributed by atoms with Gasteiger partial charge in [0.25, 0.3) is 5.91 Å². The van der Waals surface area contributed by atoms with E-state index in [0.29, 0.717) is 27.8 Å². The lowest BCUT2D eigenvalue weighted by Gasteiger charge is -2.13. The van der Waals surface area contributed by atoms with Gasteiger partial charge in [0.15, 0.2) is 0 Å². The molecule has 0 saturated heterocycles. The number of carbonyl (C=O) groups excluding carboxylic acids is 2. The van der Waals surface area contributed by atoms with Crippen LogP contribution in [0.3, 0.4) is 0 Å². The molecule has 0 saturated carbocycles. The Morgan fingerprint density at radius 3 is 2.32 bits per heavy atom. The first-order chi connectivity index (χ1) is 11.9. The Labute approximate surface area is 158 Å². The molecular weight excluding hydrogens is 412 g/mol. The number of anilines is 1. The van der Waals surface area contributed by atoms with Crippen LogP contribution in [-0.4, -0.2) is 32.6 Å². The molecule has 2 N–H and O–H groups in total. The van der Waals surface area contributed by atoms with E-state index in [-0.39, 0.29) is 12.5 Å². The van der Waals surface area contributed by atoms with Gasteiger partial charge in [0.2, 0.25) is 5.91 Å². The zero-order chi connectivity index (χ0) is 18.4. The molecule has 25 heavy (non-hydrogen) atoms. The van der Waals surface area contributed by atoms with E-state index in [1.165, 1.54) is 20.3 Å². The number of nitrogens with one attached hydrogen (secondary N) is 2. The van der Waals surface area contributed by atoms with Crippen LogP contribution in [0.15, 0.2) is 40.9 Å². The third kappa shape index (κ3) is 5.11. The summed E-state index contributed by atoms with van der Waals surface area (Å²) < 4.78 is 11.2. The molecular formula is C17H16BrClN2O4. The van der Waals surface area contributed by atoms with E-state index in [9.17, 15) is 9.59 Å². The number of halogens is 2. The third-order valence-electron chi connectivity index (χ3n) is 3.26. The Kier molecular flexibility index (Phi) is 6.66. The minimum Gasteiger partial charge on any atom is -0.495 e. The summed E-state index contributed by atoms with van der Waals surface area (Å²) in [7, 11) is 2.95. The van der Waals surface area contributed by atoms with Crippen molar-refractivity contribution in [3.63, 3.8) is 0 Å². The summed E-state index contributed by atoms with van der Waals surface area (Å²) in [6.45, 7) is -0.193. The van der Waals surface area contributed by atoms with Gasteiger partial charge >= 0.3 is 0 Å². The maximum atomic E-state index is 12.1. The average molecular weight is 428 g/mol. The largest absolute Gasteiger partial charge is 0.495 e. The number of methoxy groups -OCH3 is 2. The van der Waals surface area contributed by atoms with Gasteiger partial charge in [0.05, 0.1) is 31.5 Å². The van der Waals surface area contributed by atoms with Gasteiger partial charge in [-0.3, -0.25) is 9.59 Å². The summed E-state index contributed by atoms with van der Waals surface area (Å²) in [6, 6.07) is 9.90. The molecule has 8 heteroatoms. The zero-order valence-electron chi connectivity index (χ0n) is 13.6. The highest BCUT2D eigenvalue weighted by Crippen LogP contribution is 2.35. The molecule has 0 heterocycles. The first-order valence-corrected chi connectivity index (χ1v) is 8.37. The minimum atomic E-state index is -0.412. The SMILES string of the molecule is COc1cc(OC)c(NC(=O)CNC(=O)c2ccc(Br)cc2)cc1Cl. The van der Waals surface area contributed by atoms with Crippen LogP contribution in [-0.2, 0) is 4.79 Å². The molecule has 132 valence electrons. The lowest BCUT2D eigenvalue weighted by Crippen LogP contribution is -2.32. The minimum absolute atomic E-state index is 0.193. The summed E-state index contributed by atoms with van der Waals surface area (Å²) in [5.41, 5.74) is 0.845. The molecule has 2 rings (SSSR count). The summed E-state index contributed by atoms with van der Waals surface area (Å²) >= 11 is 9.35. The smallest absolute Gasteiger partial charge is 0.251 e. The lowest BCUT2D eigenvalue weighted by molar-refractivity contribution is -0.115. The molecule has 0 aliphatic heterocycles. The molecule has 2 aromatic carbocycles. The van der Waals surface area contributed by atoms with Gasteiger partial charge in [0, 0.05) is 16.1 Å². The summed E-state index contributed by atoms with van der Waals surface area (Å²) in [5, 5.41) is 5.52. The van der Waals surface area contributed by atoms with Gasteiger partial charge < -0.3 is 20.1 Å². The highest BCUT2D eigenvalue weighted by Gasteiger charge is 2.13. The second-order valence-corrected chi connectivity index (χ2v) is 6.25. The van der Waals surface area contributed by atoms with Crippen LogP contribution in [0.25, 0.3) is 0 Å². The molecule has 2 aromatic rings. The van der Waals surface area contributed by atoms with E-state index in [1.54, 1.807) is 30.3 Å². The summed E-state index contributed by atoms with van der Waals surface area (Å²) in [5.74, 6) is 0.0706. The van der Waals surface area contributed by atoms with E-state index in [2.05, 4.69) is 26.6 Å². The highest BCUT2D eigenvalue weighted by atomic mass is 79.9. The fourth-order valence-corrected chi connectivity index (χ4v) is 2.52. The third-order valence-corrected chi connectivity index (χ3v) is 4.09. The van der Waals surface area contributed by atoms with Gasteiger partial charge in [-0.25, -0.2) is 0 Å². The van der Waals surface area contributed by atoms with E-state index in [0.717, 1.165) is 4.47 Å². The van der Waals surface area contributed by atoms with Crippen molar-refractivity contribution in [1.29, 1.82) is 0 Å². The number of ether oxygens (including phenoxy) is 2. The van der Waals surface area contributed by atoms with Crippen LogP contribution in [0, 0.1) is 0 Å².